The molecule has 0 spiro atoms. The third-order valence-electron chi connectivity index (χ3n) is 7.11. The second kappa shape index (κ2) is 21.9. The highest BCUT2D eigenvalue weighted by Crippen LogP contribution is 2.10. The molecule has 272 valence electrons. The lowest BCUT2D eigenvalue weighted by Crippen LogP contribution is -2.59. The number of aliphatic carboxylic acids is 2. The average Bonchev–Trinajstić information content (AvgIpc) is 3.00. The number of primary amides is 1. The van der Waals surface area contributed by atoms with Crippen molar-refractivity contribution in [1.82, 2.24) is 31.9 Å². The second-order valence-electron chi connectivity index (χ2n) is 11.7. The summed E-state index contributed by atoms with van der Waals surface area (Å²) >= 11 is 0. The predicted octanol–water partition coefficient (Wildman–Crippen LogP) is -3.19. The van der Waals surface area contributed by atoms with E-state index in [1.165, 1.54) is 6.92 Å². The molecule has 12 N–H and O–H groups in total. The van der Waals surface area contributed by atoms with Gasteiger partial charge in [-0.1, -0.05) is 34.1 Å². The molecule has 0 fully saturated rings. The van der Waals surface area contributed by atoms with Crippen LogP contribution in [0.5, 0.6) is 0 Å². The van der Waals surface area contributed by atoms with Gasteiger partial charge < -0.3 is 53.6 Å². The van der Waals surface area contributed by atoms with Crippen LogP contribution in [0.15, 0.2) is 0 Å². The standard InChI is InChI=1S/C29H50N8O11/c1-6-15(4)24(29(47)48)37-25(43)16(5)33-28(46)19(11-14(2)3)36-27(45)18(7-9-20(31)38)35-26(44)17(8-10-23(41)42)34-22(40)13-32-21(39)12-30/h14-19,24H,6-13,30H2,1-5H3,(H2,31,38)(H,32,39)(H,33,46)(H,34,40)(H,35,44)(H,36,45)(H,37,43)(H,41,42)(H,47,48)/t15?,16-,17-,18-,19-,24-/m0/s1. The maximum atomic E-state index is 13.4. The van der Waals surface area contributed by atoms with Gasteiger partial charge >= 0.3 is 11.9 Å². The lowest BCUT2D eigenvalue weighted by atomic mass is 9.99. The fourth-order valence-corrected chi connectivity index (χ4v) is 4.18. The first-order chi connectivity index (χ1) is 22.3. The van der Waals surface area contributed by atoms with Gasteiger partial charge in [-0.15, -0.1) is 0 Å². The Morgan fingerprint density at radius 2 is 1.19 bits per heavy atom. The first kappa shape index (κ1) is 43.2. The summed E-state index contributed by atoms with van der Waals surface area (Å²) in [6.07, 6.45) is -1.14. The van der Waals surface area contributed by atoms with Gasteiger partial charge in [-0.05, 0) is 38.0 Å². The summed E-state index contributed by atoms with van der Waals surface area (Å²) in [6, 6.07) is -6.61. The third kappa shape index (κ3) is 17.2. The number of carboxylic acid groups (broad SMARTS) is 2. The van der Waals surface area contributed by atoms with Crippen molar-refractivity contribution in [2.75, 3.05) is 13.1 Å². The maximum absolute atomic E-state index is 13.4. The molecule has 0 bridgehead atoms. The van der Waals surface area contributed by atoms with E-state index >= 15 is 0 Å². The minimum atomic E-state index is -1.48. The quantitative estimate of drug-likeness (QED) is 0.0508. The number of hydrogen-bond donors (Lipinski definition) is 10. The molecule has 19 nitrogen and oxygen atoms in total. The van der Waals surface area contributed by atoms with Gasteiger partial charge in [0, 0.05) is 12.8 Å². The van der Waals surface area contributed by atoms with E-state index < -0.39 is 115 Å². The van der Waals surface area contributed by atoms with Gasteiger partial charge in [0.1, 0.15) is 30.2 Å². The smallest absolute Gasteiger partial charge is 0.326 e. The van der Waals surface area contributed by atoms with E-state index in [4.69, 9.17) is 16.6 Å². The molecular weight excluding hydrogens is 636 g/mol. The van der Waals surface area contributed by atoms with E-state index in [0.29, 0.717) is 6.42 Å². The second-order valence-corrected chi connectivity index (χ2v) is 11.7. The van der Waals surface area contributed by atoms with Crippen molar-refractivity contribution in [3.05, 3.63) is 0 Å². The summed E-state index contributed by atoms with van der Waals surface area (Å²) in [5.74, 6) is -8.91. The van der Waals surface area contributed by atoms with Crippen LogP contribution in [-0.4, -0.2) is 107 Å². The molecule has 0 aliphatic carbocycles. The Labute approximate surface area is 278 Å². The van der Waals surface area contributed by atoms with Crippen LogP contribution in [0.3, 0.4) is 0 Å². The Kier molecular flexibility index (Phi) is 19.7. The zero-order chi connectivity index (χ0) is 37.1. The van der Waals surface area contributed by atoms with Crippen molar-refractivity contribution in [2.45, 2.75) is 103 Å². The van der Waals surface area contributed by atoms with Gasteiger partial charge in [0.2, 0.25) is 41.4 Å². The fraction of sp³-hybridized carbons (Fsp3) is 0.690. The lowest BCUT2D eigenvalue weighted by molar-refractivity contribution is -0.143. The minimum absolute atomic E-state index is 0.0683. The van der Waals surface area contributed by atoms with E-state index in [1.54, 1.807) is 27.7 Å². The summed E-state index contributed by atoms with van der Waals surface area (Å²) in [7, 11) is 0. The first-order valence-electron chi connectivity index (χ1n) is 15.5. The Bertz CT molecular complexity index is 1180. The molecule has 0 aliphatic heterocycles. The zero-order valence-electron chi connectivity index (χ0n) is 27.9. The Morgan fingerprint density at radius 1 is 0.667 bits per heavy atom. The van der Waals surface area contributed by atoms with Crippen molar-refractivity contribution in [2.24, 2.45) is 23.3 Å². The van der Waals surface area contributed by atoms with Crippen molar-refractivity contribution in [3.63, 3.8) is 0 Å². The molecule has 19 heteroatoms. The summed E-state index contributed by atoms with van der Waals surface area (Å²) in [5.41, 5.74) is 10.4. The normalized spacial score (nSPS) is 14.6. The number of hydrogen-bond acceptors (Lipinski definition) is 10. The molecule has 0 rings (SSSR count). The lowest BCUT2D eigenvalue weighted by Gasteiger charge is -2.27. The van der Waals surface area contributed by atoms with Gasteiger partial charge in [0.15, 0.2) is 0 Å². The molecule has 0 radical (unpaired) electrons. The fourth-order valence-electron chi connectivity index (χ4n) is 4.18. The SMILES string of the molecule is CCC(C)[C@H](NC(=O)[C@H](C)NC(=O)[C@H](CC(C)C)NC(=O)[C@H](CCC(N)=O)NC(=O)[C@H](CCC(=O)O)NC(=O)CNC(=O)CN)C(=O)O. The van der Waals surface area contributed by atoms with Crippen LogP contribution in [0, 0.1) is 11.8 Å². The zero-order valence-corrected chi connectivity index (χ0v) is 27.9. The Morgan fingerprint density at radius 3 is 1.67 bits per heavy atom. The Hall–Kier alpha value is -4.81. The van der Waals surface area contributed by atoms with Crippen LogP contribution in [-0.2, 0) is 43.2 Å². The van der Waals surface area contributed by atoms with Crippen LogP contribution in [0.2, 0.25) is 0 Å². The van der Waals surface area contributed by atoms with Gasteiger partial charge in [-0.3, -0.25) is 38.4 Å². The van der Waals surface area contributed by atoms with Crippen molar-refractivity contribution in [3.8, 4) is 0 Å². The van der Waals surface area contributed by atoms with Gasteiger partial charge in [-0.25, -0.2) is 4.79 Å². The molecule has 6 atom stereocenters. The first-order valence-corrected chi connectivity index (χ1v) is 15.5. The van der Waals surface area contributed by atoms with Crippen LogP contribution in [0.4, 0.5) is 0 Å². The van der Waals surface area contributed by atoms with E-state index in [1.807, 2.05) is 0 Å². The van der Waals surface area contributed by atoms with Crippen molar-refractivity contribution >= 4 is 53.3 Å². The number of nitrogens with one attached hydrogen (secondary N) is 6. The van der Waals surface area contributed by atoms with Gasteiger partial charge in [0.05, 0.1) is 13.1 Å². The maximum Gasteiger partial charge on any atom is 0.326 e. The van der Waals surface area contributed by atoms with Crippen LogP contribution in [0.25, 0.3) is 0 Å². The number of rotatable bonds is 23. The number of carbonyl (C=O) groups is 9. The molecule has 48 heavy (non-hydrogen) atoms. The van der Waals surface area contributed by atoms with E-state index in [9.17, 15) is 48.3 Å². The van der Waals surface area contributed by atoms with Gasteiger partial charge in [-0.2, -0.15) is 0 Å². The van der Waals surface area contributed by atoms with E-state index in [-0.39, 0.29) is 25.2 Å². The number of carbonyl (C=O) groups excluding carboxylic acids is 7. The molecule has 0 aliphatic rings. The summed E-state index contributed by atoms with van der Waals surface area (Å²) < 4.78 is 0. The van der Waals surface area contributed by atoms with Crippen molar-refractivity contribution < 1.29 is 53.4 Å². The highest BCUT2D eigenvalue weighted by Gasteiger charge is 2.32. The largest absolute Gasteiger partial charge is 0.481 e. The highest BCUT2D eigenvalue weighted by atomic mass is 16.4. The van der Waals surface area contributed by atoms with Crippen molar-refractivity contribution in [1.29, 1.82) is 0 Å². The molecule has 0 aromatic rings. The molecule has 0 saturated carbocycles. The van der Waals surface area contributed by atoms with Crippen LogP contribution in [0.1, 0.15) is 73.1 Å². The summed E-state index contributed by atoms with van der Waals surface area (Å²) in [4.78, 5) is 111. The third-order valence-corrected chi connectivity index (χ3v) is 7.11. The highest BCUT2D eigenvalue weighted by molar-refractivity contribution is 5.96. The average molecular weight is 687 g/mol. The molecule has 0 saturated heterocycles. The number of carboxylic acids is 2. The molecule has 7 amide bonds. The minimum Gasteiger partial charge on any atom is -0.481 e. The molecule has 0 heterocycles. The molecule has 1 unspecified atom stereocenters. The van der Waals surface area contributed by atoms with Crippen LogP contribution >= 0.6 is 0 Å². The summed E-state index contributed by atoms with van der Waals surface area (Å²) in [6.45, 7) is 7.27. The van der Waals surface area contributed by atoms with E-state index in [2.05, 4.69) is 31.9 Å². The summed E-state index contributed by atoms with van der Waals surface area (Å²) in [5, 5.41) is 32.7. The topological polar surface area (TPSA) is 318 Å². The monoisotopic (exact) mass is 686 g/mol. The Balaban J connectivity index is 5.95. The molecular formula is C29H50N8O11. The number of nitrogens with two attached hydrogens (primary N) is 2. The van der Waals surface area contributed by atoms with Crippen LogP contribution < -0.4 is 43.4 Å². The van der Waals surface area contributed by atoms with Gasteiger partial charge in [0.25, 0.3) is 0 Å². The number of amides is 7. The molecule has 0 aromatic carbocycles. The predicted molar refractivity (Wildman–Crippen MR) is 169 cm³/mol. The van der Waals surface area contributed by atoms with E-state index in [0.717, 1.165) is 0 Å². The molecule has 0 aromatic heterocycles.